The lowest BCUT2D eigenvalue weighted by Crippen LogP contribution is -2.04. The topological polar surface area (TPSA) is 26.3 Å². The minimum atomic E-state index is 0.520. The molecule has 0 saturated heterocycles. The van der Waals surface area contributed by atoms with Crippen molar-refractivity contribution < 1.29 is 9.53 Å². The van der Waals surface area contributed by atoms with Crippen LogP contribution >= 0.6 is 0 Å². The second-order valence-corrected chi connectivity index (χ2v) is 3.38. The Balaban J connectivity index is 3.07. The van der Waals surface area contributed by atoms with E-state index in [2.05, 4.69) is 18.6 Å². The monoisotopic (exact) mass is 172 g/mol. The summed E-state index contributed by atoms with van der Waals surface area (Å²) >= 11 is 0. The zero-order valence-corrected chi connectivity index (χ0v) is 8.21. The Bertz CT molecular complexity index is 102. The van der Waals surface area contributed by atoms with Crippen molar-refractivity contribution in [2.75, 3.05) is 6.61 Å². The van der Waals surface area contributed by atoms with Crippen molar-refractivity contribution in [1.82, 2.24) is 0 Å². The SMILES string of the molecule is CCCCCCC(C)COC=O. The Morgan fingerprint density at radius 2 is 2.08 bits per heavy atom. The Kier molecular flexibility index (Phi) is 8.19. The number of rotatable bonds is 8. The average Bonchev–Trinajstić information content (AvgIpc) is 2.09. The van der Waals surface area contributed by atoms with Crippen LogP contribution in [0, 0.1) is 5.92 Å². The highest BCUT2D eigenvalue weighted by Gasteiger charge is 2.00. The van der Waals surface area contributed by atoms with Gasteiger partial charge in [0, 0.05) is 0 Å². The summed E-state index contributed by atoms with van der Waals surface area (Å²) in [6, 6.07) is 0. The molecular weight excluding hydrogens is 152 g/mol. The molecule has 0 bridgehead atoms. The molecule has 1 unspecified atom stereocenters. The molecule has 0 aliphatic heterocycles. The normalized spacial score (nSPS) is 12.5. The van der Waals surface area contributed by atoms with Crippen LogP contribution in [0.1, 0.15) is 46.0 Å². The predicted octanol–water partition coefficient (Wildman–Crippen LogP) is 2.77. The van der Waals surface area contributed by atoms with Gasteiger partial charge in [0.1, 0.15) is 0 Å². The van der Waals surface area contributed by atoms with Crippen LogP contribution in [0.25, 0.3) is 0 Å². The molecule has 1 atom stereocenters. The molecule has 0 aromatic heterocycles. The number of unbranched alkanes of at least 4 members (excludes halogenated alkanes) is 3. The highest BCUT2D eigenvalue weighted by molar-refractivity contribution is 5.36. The van der Waals surface area contributed by atoms with Crippen molar-refractivity contribution in [3.63, 3.8) is 0 Å². The lowest BCUT2D eigenvalue weighted by atomic mass is 10.0. The summed E-state index contributed by atoms with van der Waals surface area (Å²) in [7, 11) is 0. The first-order valence-corrected chi connectivity index (χ1v) is 4.86. The minimum absolute atomic E-state index is 0.520. The molecule has 0 heterocycles. The Labute approximate surface area is 75.3 Å². The van der Waals surface area contributed by atoms with Gasteiger partial charge in [0.25, 0.3) is 6.47 Å². The fourth-order valence-electron chi connectivity index (χ4n) is 1.21. The molecule has 0 radical (unpaired) electrons. The molecule has 0 amide bonds. The molecule has 0 aromatic carbocycles. The second-order valence-electron chi connectivity index (χ2n) is 3.38. The fourth-order valence-corrected chi connectivity index (χ4v) is 1.21. The van der Waals surface area contributed by atoms with Crippen LogP contribution in [0.15, 0.2) is 0 Å². The van der Waals surface area contributed by atoms with E-state index in [4.69, 9.17) is 0 Å². The van der Waals surface area contributed by atoms with Gasteiger partial charge < -0.3 is 4.74 Å². The Morgan fingerprint density at radius 3 is 2.67 bits per heavy atom. The Morgan fingerprint density at radius 1 is 1.33 bits per heavy atom. The van der Waals surface area contributed by atoms with Crippen molar-refractivity contribution in [2.24, 2.45) is 5.92 Å². The first-order valence-electron chi connectivity index (χ1n) is 4.86. The maximum Gasteiger partial charge on any atom is 0.293 e. The molecular formula is C10H20O2. The van der Waals surface area contributed by atoms with E-state index in [9.17, 15) is 4.79 Å². The maximum absolute atomic E-state index is 9.86. The van der Waals surface area contributed by atoms with E-state index in [0.29, 0.717) is 19.0 Å². The largest absolute Gasteiger partial charge is 0.468 e. The van der Waals surface area contributed by atoms with Gasteiger partial charge in [-0.2, -0.15) is 0 Å². The maximum atomic E-state index is 9.86. The van der Waals surface area contributed by atoms with Crippen LogP contribution in [-0.4, -0.2) is 13.1 Å². The Hall–Kier alpha value is -0.530. The minimum Gasteiger partial charge on any atom is -0.468 e. The van der Waals surface area contributed by atoms with Gasteiger partial charge in [-0.15, -0.1) is 0 Å². The quantitative estimate of drug-likeness (QED) is 0.415. The highest BCUT2D eigenvalue weighted by Crippen LogP contribution is 2.10. The third-order valence-corrected chi connectivity index (χ3v) is 2.00. The third-order valence-electron chi connectivity index (χ3n) is 2.00. The van der Waals surface area contributed by atoms with E-state index in [1.165, 1.54) is 32.1 Å². The zero-order valence-electron chi connectivity index (χ0n) is 8.21. The van der Waals surface area contributed by atoms with Crippen LogP contribution in [0.2, 0.25) is 0 Å². The van der Waals surface area contributed by atoms with Gasteiger partial charge in [0.05, 0.1) is 6.61 Å². The average molecular weight is 172 g/mol. The van der Waals surface area contributed by atoms with Crippen molar-refractivity contribution in [2.45, 2.75) is 46.0 Å². The lowest BCUT2D eigenvalue weighted by molar-refractivity contribution is -0.129. The summed E-state index contributed by atoms with van der Waals surface area (Å²) in [5.74, 6) is 0.520. The van der Waals surface area contributed by atoms with E-state index in [-0.39, 0.29) is 0 Å². The first-order chi connectivity index (χ1) is 5.81. The van der Waals surface area contributed by atoms with Crippen LogP contribution in [0.4, 0.5) is 0 Å². The molecule has 12 heavy (non-hydrogen) atoms. The van der Waals surface area contributed by atoms with E-state index in [0.717, 1.165) is 0 Å². The van der Waals surface area contributed by atoms with Gasteiger partial charge in [-0.1, -0.05) is 39.5 Å². The molecule has 0 aromatic rings. The summed E-state index contributed by atoms with van der Waals surface area (Å²) in [6.07, 6.45) is 6.34. The standard InChI is InChI=1S/C10H20O2/c1-3-4-5-6-7-10(2)8-12-9-11/h9-10H,3-8H2,1-2H3. The summed E-state index contributed by atoms with van der Waals surface area (Å²) in [5, 5.41) is 0. The van der Waals surface area contributed by atoms with E-state index in [1.54, 1.807) is 0 Å². The van der Waals surface area contributed by atoms with Crippen molar-refractivity contribution in [3.05, 3.63) is 0 Å². The predicted molar refractivity (Wildman–Crippen MR) is 49.9 cm³/mol. The van der Waals surface area contributed by atoms with Crippen molar-refractivity contribution in [3.8, 4) is 0 Å². The smallest absolute Gasteiger partial charge is 0.293 e. The summed E-state index contributed by atoms with van der Waals surface area (Å²) < 4.78 is 4.67. The number of hydrogen-bond donors (Lipinski definition) is 0. The van der Waals surface area contributed by atoms with Crippen molar-refractivity contribution in [1.29, 1.82) is 0 Å². The lowest BCUT2D eigenvalue weighted by Gasteiger charge is -2.08. The number of ether oxygens (including phenoxy) is 1. The number of carbonyl (C=O) groups excluding carboxylic acids is 1. The fraction of sp³-hybridized carbons (Fsp3) is 0.900. The summed E-state index contributed by atoms with van der Waals surface area (Å²) in [5.41, 5.74) is 0. The zero-order chi connectivity index (χ0) is 9.23. The van der Waals surface area contributed by atoms with Gasteiger partial charge in [0.15, 0.2) is 0 Å². The van der Waals surface area contributed by atoms with E-state index in [1.807, 2.05) is 0 Å². The molecule has 0 aliphatic rings. The van der Waals surface area contributed by atoms with Crippen molar-refractivity contribution >= 4 is 6.47 Å². The third kappa shape index (κ3) is 7.58. The molecule has 72 valence electrons. The summed E-state index contributed by atoms with van der Waals surface area (Å²) in [6.45, 7) is 5.44. The molecule has 0 saturated carbocycles. The van der Waals surface area contributed by atoms with Gasteiger partial charge in [-0.25, -0.2) is 0 Å². The number of carbonyl (C=O) groups is 1. The van der Waals surface area contributed by atoms with Crippen LogP contribution in [-0.2, 0) is 9.53 Å². The molecule has 0 rings (SSSR count). The molecule has 2 nitrogen and oxygen atoms in total. The summed E-state index contributed by atoms with van der Waals surface area (Å²) in [4.78, 5) is 9.86. The van der Waals surface area contributed by atoms with Crippen LogP contribution in [0.5, 0.6) is 0 Å². The van der Waals surface area contributed by atoms with E-state index >= 15 is 0 Å². The first kappa shape index (κ1) is 11.5. The highest BCUT2D eigenvalue weighted by atomic mass is 16.5. The van der Waals surface area contributed by atoms with Crippen LogP contribution in [0.3, 0.4) is 0 Å². The molecule has 2 heteroatoms. The van der Waals surface area contributed by atoms with Gasteiger partial charge in [-0.3, -0.25) is 4.79 Å². The molecule has 0 aliphatic carbocycles. The molecule has 0 spiro atoms. The van der Waals surface area contributed by atoms with Gasteiger partial charge in [-0.05, 0) is 12.3 Å². The van der Waals surface area contributed by atoms with Gasteiger partial charge in [0.2, 0.25) is 0 Å². The molecule has 0 fully saturated rings. The number of hydrogen-bond acceptors (Lipinski definition) is 2. The van der Waals surface area contributed by atoms with Gasteiger partial charge >= 0.3 is 0 Å². The second kappa shape index (κ2) is 8.57. The van der Waals surface area contributed by atoms with Crippen LogP contribution < -0.4 is 0 Å². The van der Waals surface area contributed by atoms with E-state index < -0.39 is 0 Å². The molecule has 0 N–H and O–H groups in total.